The third kappa shape index (κ3) is 6.31. The van der Waals surface area contributed by atoms with Crippen LogP contribution in [0.5, 0.6) is 0 Å². The van der Waals surface area contributed by atoms with Crippen molar-refractivity contribution in [1.29, 1.82) is 0 Å². The van der Waals surface area contributed by atoms with Gasteiger partial charge in [-0.3, -0.25) is 14.4 Å². The number of thiazole rings is 1. The summed E-state index contributed by atoms with van der Waals surface area (Å²) in [6, 6.07) is 13.3. The summed E-state index contributed by atoms with van der Waals surface area (Å²) in [6.45, 7) is 2.03. The third-order valence-electron chi connectivity index (χ3n) is 6.61. The summed E-state index contributed by atoms with van der Waals surface area (Å²) >= 11 is 7.17. The van der Waals surface area contributed by atoms with Crippen molar-refractivity contribution in [3.05, 3.63) is 76.0 Å². The van der Waals surface area contributed by atoms with Crippen molar-refractivity contribution in [2.45, 2.75) is 25.3 Å². The molecule has 0 bridgehead atoms. The molecule has 38 heavy (non-hydrogen) atoms. The maximum absolute atomic E-state index is 14.1. The number of piperazine rings is 1. The molecule has 1 saturated heterocycles. The number of halogens is 2. The monoisotopic (exact) mass is 555 g/mol. The van der Waals surface area contributed by atoms with Crippen molar-refractivity contribution in [3.8, 4) is 0 Å². The average Bonchev–Trinajstić information content (AvgIpc) is 3.67. The Kier molecular flexibility index (Phi) is 7.90. The number of carbonyl (C=O) groups is 3. The van der Waals surface area contributed by atoms with Crippen LogP contribution in [0.3, 0.4) is 0 Å². The zero-order valence-corrected chi connectivity index (χ0v) is 22.2. The molecule has 2 fully saturated rings. The Morgan fingerprint density at radius 2 is 1.76 bits per heavy atom. The van der Waals surface area contributed by atoms with E-state index in [0.29, 0.717) is 53.3 Å². The summed E-state index contributed by atoms with van der Waals surface area (Å²) in [6.07, 6.45) is 1.85. The highest BCUT2D eigenvalue weighted by molar-refractivity contribution is 7.13. The summed E-state index contributed by atoms with van der Waals surface area (Å²) in [7, 11) is 0. The van der Waals surface area contributed by atoms with E-state index in [1.54, 1.807) is 57.6 Å². The predicted molar refractivity (Wildman–Crippen MR) is 145 cm³/mol. The minimum Gasteiger partial charge on any atom is -0.366 e. The molecule has 1 aliphatic carbocycles. The van der Waals surface area contributed by atoms with E-state index in [9.17, 15) is 18.8 Å². The van der Waals surface area contributed by atoms with Gasteiger partial charge in [-0.25, -0.2) is 9.37 Å². The van der Waals surface area contributed by atoms with E-state index in [-0.39, 0.29) is 42.5 Å². The summed E-state index contributed by atoms with van der Waals surface area (Å²) in [5.41, 5.74) is 1.61. The number of nitrogens with zero attached hydrogens (tertiary/aromatic N) is 4. The van der Waals surface area contributed by atoms with E-state index in [4.69, 9.17) is 11.6 Å². The van der Waals surface area contributed by atoms with Crippen molar-refractivity contribution in [1.82, 2.24) is 14.8 Å². The van der Waals surface area contributed by atoms with Crippen LogP contribution < -0.4 is 10.2 Å². The van der Waals surface area contributed by atoms with Gasteiger partial charge in [0.15, 0.2) is 5.13 Å². The Balaban J connectivity index is 1.12. The zero-order chi connectivity index (χ0) is 26.6. The minimum atomic E-state index is -0.337. The van der Waals surface area contributed by atoms with Gasteiger partial charge in [0.2, 0.25) is 11.8 Å². The first-order chi connectivity index (χ1) is 18.4. The Hall–Kier alpha value is -3.50. The molecule has 8 nitrogen and oxygen atoms in total. The maximum atomic E-state index is 14.1. The smallest absolute Gasteiger partial charge is 0.254 e. The fraction of sp³-hybridized carbons (Fsp3) is 0.333. The van der Waals surface area contributed by atoms with Crippen LogP contribution in [0.1, 0.15) is 28.9 Å². The fourth-order valence-electron chi connectivity index (χ4n) is 4.44. The highest BCUT2D eigenvalue weighted by Crippen LogP contribution is 2.29. The average molecular weight is 556 g/mol. The molecule has 0 unspecified atom stereocenters. The Labute approximate surface area is 229 Å². The molecule has 1 N–H and O–H groups in total. The van der Waals surface area contributed by atoms with Crippen LogP contribution in [0.15, 0.2) is 53.9 Å². The highest BCUT2D eigenvalue weighted by Gasteiger charge is 2.34. The Bertz CT molecular complexity index is 1320. The number of para-hydroxylation sites is 1. The van der Waals surface area contributed by atoms with Crippen molar-refractivity contribution in [3.63, 3.8) is 0 Å². The number of rotatable bonds is 8. The molecule has 5 rings (SSSR count). The van der Waals surface area contributed by atoms with Crippen LogP contribution in [0.4, 0.5) is 15.2 Å². The van der Waals surface area contributed by atoms with E-state index >= 15 is 0 Å². The van der Waals surface area contributed by atoms with Crippen LogP contribution >= 0.6 is 22.9 Å². The van der Waals surface area contributed by atoms with Crippen LogP contribution in [-0.2, 0) is 16.0 Å². The number of nitrogens with one attached hydrogen (secondary N) is 1. The standard InChI is InChI=1S/C27H27ClFN5O3S/c28-19-7-5-18(6-8-19)26(37)34(21-9-10-21)16-24(35)31-27-30-20(17-38-27)15-25(36)33-13-11-32(12-14-33)23-4-2-1-3-22(23)29/h1-8,17,21H,9-16H2,(H,30,31,35). The van der Waals surface area contributed by atoms with Gasteiger partial charge in [0.25, 0.3) is 5.91 Å². The van der Waals surface area contributed by atoms with Gasteiger partial charge < -0.3 is 20.0 Å². The summed E-state index contributed by atoms with van der Waals surface area (Å²) in [5, 5.41) is 5.44. The highest BCUT2D eigenvalue weighted by atomic mass is 35.5. The van der Waals surface area contributed by atoms with Gasteiger partial charge in [-0.2, -0.15) is 0 Å². The van der Waals surface area contributed by atoms with E-state index in [0.717, 1.165) is 12.8 Å². The molecule has 1 saturated carbocycles. The molecule has 2 heterocycles. The van der Waals surface area contributed by atoms with E-state index in [2.05, 4.69) is 10.3 Å². The SMILES string of the molecule is O=C(CN(C(=O)c1ccc(Cl)cc1)C1CC1)Nc1nc(CC(=O)N2CCN(c3ccccc3F)CC2)cs1. The molecule has 1 aromatic heterocycles. The van der Waals surface area contributed by atoms with Gasteiger partial charge in [0.1, 0.15) is 12.4 Å². The zero-order valence-electron chi connectivity index (χ0n) is 20.6. The quantitative estimate of drug-likeness (QED) is 0.453. The van der Waals surface area contributed by atoms with Crippen LogP contribution in [-0.4, -0.2) is 71.3 Å². The molecule has 11 heteroatoms. The predicted octanol–water partition coefficient (Wildman–Crippen LogP) is 4.07. The van der Waals surface area contributed by atoms with Crippen LogP contribution in [0.2, 0.25) is 5.02 Å². The van der Waals surface area contributed by atoms with Gasteiger partial charge in [-0.15, -0.1) is 11.3 Å². The number of aromatic nitrogens is 1. The third-order valence-corrected chi connectivity index (χ3v) is 7.67. The van der Waals surface area contributed by atoms with Crippen LogP contribution in [0.25, 0.3) is 0 Å². The lowest BCUT2D eigenvalue weighted by Gasteiger charge is -2.36. The second kappa shape index (κ2) is 11.5. The molecule has 2 aliphatic rings. The first kappa shape index (κ1) is 26.1. The molecule has 3 amide bonds. The normalized spacial score (nSPS) is 15.3. The summed E-state index contributed by atoms with van der Waals surface area (Å²) in [4.78, 5) is 48.2. The first-order valence-electron chi connectivity index (χ1n) is 12.5. The summed E-state index contributed by atoms with van der Waals surface area (Å²) < 4.78 is 14.1. The molecular weight excluding hydrogens is 529 g/mol. The van der Waals surface area contributed by atoms with Crippen molar-refractivity contribution < 1.29 is 18.8 Å². The van der Waals surface area contributed by atoms with Crippen molar-refractivity contribution >= 4 is 51.5 Å². The molecule has 3 aromatic rings. The van der Waals surface area contributed by atoms with Crippen molar-refractivity contribution in [2.75, 3.05) is 42.9 Å². The minimum absolute atomic E-state index is 0.0484. The Morgan fingerprint density at radius 3 is 2.45 bits per heavy atom. The van der Waals surface area contributed by atoms with Gasteiger partial charge in [0, 0.05) is 48.2 Å². The molecule has 0 radical (unpaired) electrons. The second-order valence-corrected chi connectivity index (χ2v) is 10.7. The molecule has 1 aliphatic heterocycles. The van der Waals surface area contributed by atoms with E-state index in [1.165, 1.54) is 17.4 Å². The molecule has 2 aromatic carbocycles. The molecule has 0 atom stereocenters. The molecule has 0 spiro atoms. The lowest BCUT2D eigenvalue weighted by atomic mass is 10.2. The lowest BCUT2D eigenvalue weighted by molar-refractivity contribution is -0.130. The van der Waals surface area contributed by atoms with Gasteiger partial charge >= 0.3 is 0 Å². The fourth-order valence-corrected chi connectivity index (χ4v) is 5.29. The van der Waals surface area contributed by atoms with Gasteiger partial charge in [0.05, 0.1) is 17.8 Å². The van der Waals surface area contributed by atoms with Crippen molar-refractivity contribution in [2.24, 2.45) is 0 Å². The van der Waals surface area contributed by atoms with Gasteiger partial charge in [-0.1, -0.05) is 23.7 Å². The number of amides is 3. The lowest BCUT2D eigenvalue weighted by Crippen LogP contribution is -2.49. The molecule has 198 valence electrons. The van der Waals surface area contributed by atoms with Crippen LogP contribution in [0, 0.1) is 5.82 Å². The topological polar surface area (TPSA) is 85.8 Å². The molecular formula is C27H27ClFN5O3S. The first-order valence-corrected chi connectivity index (χ1v) is 13.7. The van der Waals surface area contributed by atoms with Gasteiger partial charge in [-0.05, 0) is 49.2 Å². The number of benzene rings is 2. The second-order valence-electron chi connectivity index (χ2n) is 9.36. The number of carbonyl (C=O) groups excluding carboxylic acids is 3. The number of hydrogen-bond acceptors (Lipinski definition) is 6. The van der Waals surface area contributed by atoms with E-state index in [1.807, 2.05) is 4.90 Å². The number of hydrogen-bond donors (Lipinski definition) is 1. The number of anilines is 2. The summed E-state index contributed by atoms with van der Waals surface area (Å²) in [5.74, 6) is -0.871. The largest absolute Gasteiger partial charge is 0.366 e. The Morgan fingerprint density at radius 1 is 1.05 bits per heavy atom. The van der Waals surface area contributed by atoms with E-state index < -0.39 is 0 Å². The maximum Gasteiger partial charge on any atom is 0.254 e.